The van der Waals surface area contributed by atoms with Gasteiger partial charge < -0.3 is 20.3 Å². The van der Waals surface area contributed by atoms with Crippen molar-refractivity contribution in [2.75, 3.05) is 18.0 Å². The molecular formula is C18H19F2N3O3. The van der Waals surface area contributed by atoms with Crippen LogP contribution in [-0.2, 0) is 0 Å². The van der Waals surface area contributed by atoms with Gasteiger partial charge in [0.2, 0.25) is 5.43 Å². The number of aromatic carboxylic acids is 1. The lowest BCUT2D eigenvalue weighted by molar-refractivity contribution is 0.0695. The maximum absolute atomic E-state index is 15.4. The van der Waals surface area contributed by atoms with Crippen LogP contribution in [0.3, 0.4) is 0 Å². The molecule has 6 nitrogen and oxygen atoms in total. The molecule has 0 radical (unpaired) electrons. The highest BCUT2D eigenvalue weighted by atomic mass is 19.1. The molecule has 3 N–H and O–H groups in total. The van der Waals surface area contributed by atoms with Gasteiger partial charge in [0.05, 0.1) is 10.9 Å². The Labute approximate surface area is 147 Å². The van der Waals surface area contributed by atoms with E-state index in [0.717, 1.165) is 12.8 Å². The predicted molar refractivity (Wildman–Crippen MR) is 92.9 cm³/mol. The number of hydrogen-bond acceptors (Lipinski definition) is 4. The molecule has 1 atom stereocenters. The lowest BCUT2D eigenvalue weighted by Crippen LogP contribution is -2.29. The quantitative estimate of drug-likeness (QED) is 0.872. The van der Waals surface area contributed by atoms with Gasteiger partial charge in [0.25, 0.3) is 0 Å². The Balaban J connectivity index is 2.09. The van der Waals surface area contributed by atoms with Crippen molar-refractivity contribution < 1.29 is 18.7 Å². The van der Waals surface area contributed by atoms with Crippen molar-refractivity contribution in [2.24, 2.45) is 5.73 Å². The van der Waals surface area contributed by atoms with Crippen LogP contribution in [0.1, 0.15) is 41.2 Å². The standard InChI is InChI=1S/C18H19F2N3O3/c1-8-12-15(14(20)16(13(8)19)22-5-4-9(21)6-22)23(10-2-3-10)7-11(17(12)24)18(25)26/h7,9-10H,2-6,21H2,1H3,(H,25,26). The summed E-state index contributed by atoms with van der Waals surface area (Å²) in [4.78, 5) is 25.6. The average molecular weight is 363 g/mol. The molecule has 1 saturated heterocycles. The van der Waals surface area contributed by atoms with Crippen molar-refractivity contribution in [3.8, 4) is 0 Å². The number of rotatable bonds is 3. The van der Waals surface area contributed by atoms with E-state index in [1.165, 1.54) is 17.7 Å². The van der Waals surface area contributed by atoms with Crippen molar-refractivity contribution in [3.05, 3.63) is 39.2 Å². The van der Waals surface area contributed by atoms with E-state index in [4.69, 9.17) is 5.73 Å². The summed E-state index contributed by atoms with van der Waals surface area (Å²) in [5, 5.41) is 9.12. The summed E-state index contributed by atoms with van der Waals surface area (Å²) in [6.07, 6.45) is 3.33. The van der Waals surface area contributed by atoms with Crippen molar-refractivity contribution >= 4 is 22.6 Å². The maximum Gasteiger partial charge on any atom is 0.341 e. The highest BCUT2D eigenvalue weighted by molar-refractivity contribution is 5.95. The molecular weight excluding hydrogens is 344 g/mol. The molecule has 1 aliphatic carbocycles. The van der Waals surface area contributed by atoms with Gasteiger partial charge in [-0.1, -0.05) is 0 Å². The van der Waals surface area contributed by atoms with Crippen LogP contribution >= 0.6 is 0 Å². The van der Waals surface area contributed by atoms with E-state index in [9.17, 15) is 14.7 Å². The topological polar surface area (TPSA) is 88.6 Å². The molecule has 1 saturated carbocycles. The van der Waals surface area contributed by atoms with E-state index in [0.29, 0.717) is 19.5 Å². The number of fused-ring (bicyclic) bond motifs is 1. The van der Waals surface area contributed by atoms with Crippen molar-refractivity contribution in [1.82, 2.24) is 4.57 Å². The van der Waals surface area contributed by atoms with Crippen molar-refractivity contribution in [1.29, 1.82) is 0 Å². The minimum atomic E-state index is -1.40. The first-order valence-electron chi connectivity index (χ1n) is 8.61. The van der Waals surface area contributed by atoms with E-state index >= 15 is 8.78 Å². The van der Waals surface area contributed by atoms with Crippen molar-refractivity contribution in [2.45, 2.75) is 38.3 Å². The predicted octanol–water partition coefficient (Wildman–Crippen LogP) is 2.16. The number of anilines is 1. The Morgan fingerprint density at radius 1 is 1.27 bits per heavy atom. The number of nitrogens with two attached hydrogens (primary N) is 1. The molecule has 2 aromatic rings. The highest BCUT2D eigenvalue weighted by Gasteiger charge is 2.33. The normalized spacial score (nSPS) is 20.2. The first-order chi connectivity index (χ1) is 12.3. The van der Waals surface area contributed by atoms with Gasteiger partial charge in [-0.15, -0.1) is 0 Å². The van der Waals surface area contributed by atoms with Crippen LogP contribution in [-0.4, -0.2) is 34.8 Å². The van der Waals surface area contributed by atoms with Gasteiger partial charge in [-0.05, 0) is 26.2 Å². The SMILES string of the molecule is Cc1c(F)c(N2CCC(N)C2)c(F)c2c1c(=O)c(C(=O)O)cn2C1CC1. The molecule has 0 spiro atoms. The fraction of sp³-hybridized carbons (Fsp3) is 0.444. The third kappa shape index (κ3) is 2.39. The molecule has 1 unspecified atom stereocenters. The second kappa shape index (κ2) is 5.77. The number of aryl methyl sites for hydroxylation is 1. The number of benzene rings is 1. The number of aromatic nitrogens is 1. The Hall–Kier alpha value is -2.48. The molecule has 2 aliphatic rings. The zero-order valence-electron chi connectivity index (χ0n) is 14.3. The summed E-state index contributed by atoms with van der Waals surface area (Å²) in [6, 6.07) is -0.242. The number of nitrogens with zero attached hydrogens (tertiary/aromatic N) is 2. The fourth-order valence-corrected chi connectivity index (χ4v) is 3.76. The van der Waals surface area contributed by atoms with Gasteiger partial charge in [-0.25, -0.2) is 13.6 Å². The molecule has 2 heterocycles. The lowest BCUT2D eigenvalue weighted by Gasteiger charge is -2.23. The van der Waals surface area contributed by atoms with Crippen LogP contribution in [0.25, 0.3) is 10.9 Å². The van der Waals surface area contributed by atoms with Crippen LogP contribution in [0.5, 0.6) is 0 Å². The molecule has 0 bridgehead atoms. The first kappa shape index (κ1) is 17.0. The van der Waals surface area contributed by atoms with Crippen LogP contribution in [0.4, 0.5) is 14.5 Å². The van der Waals surface area contributed by atoms with Gasteiger partial charge in [0.15, 0.2) is 11.6 Å². The maximum atomic E-state index is 15.4. The molecule has 8 heteroatoms. The van der Waals surface area contributed by atoms with Crippen molar-refractivity contribution in [3.63, 3.8) is 0 Å². The molecule has 138 valence electrons. The second-order valence-electron chi connectivity index (χ2n) is 7.14. The fourth-order valence-electron chi connectivity index (χ4n) is 3.76. The largest absolute Gasteiger partial charge is 0.477 e. The van der Waals surface area contributed by atoms with Crippen LogP contribution in [0, 0.1) is 18.6 Å². The number of halogens is 2. The molecule has 1 aliphatic heterocycles. The third-order valence-corrected chi connectivity index (χ3v) is 5.27. The number of carboxylic acid groups (broad SMARTS) is 1. The monoisotopic (exact) mass is 363 g/mol. The average Bonchev–Trinajstić information content (AvgIpc) is 3.34. The third-order valence-electron chi connectivity index (χ3n) is 5.27. The number of pyridine rings is 1. The van der Waals surface area contributed by atoms with Gasteiger partial charge >= 0.3 is 5.97 Å². The summed E-state index contributed by atoms with van der Waals surface area (Å²) in [5.41, 5.74) is 4.32. The van der Waals surface area contributed by atoms with Gasteiger partial charge in [0.1, 0.15) is 11.3 Å². The van der Waals surface area contributed by atoms with Gasteiger partial charge in [0, 0.05) is 36.9 Å². The van der Waals surface area contributed by atoms with E-state index in [-0.39, 0.29) is 34.2 Å². The molecule has 26 heavy (non-hydrogen) atoms. The van der Waals surface area contributed by atoms with Gasteiger partial charge in [-0.3, -0.25) is 4.79 Å². The van der Waals surface area contributed by atoms with Gasteiger partial charge in [-0.2, -0.15) is 0 Å². The van der Waals surface area contributed by atoms with E-state index < -0.39 is 28.6 Å². The zero-order valence-corrected chi connectivity index (χ0v) is 14.3. The van der Waals surface area contributed by atoms with E-state index in [2.05, 4.69) is 0 Å². The number of hydrogen-bond donors (Lipinski definition) is 2. The molecule has 2 fully saturated rings. The highest BCUT2D eigenvalue weighted by Crippen LogP contribution is 2.41. The number of carbonyl (C=O) groups is 1. The Kier molecular flexibility index (Phi) is 3.76. The van der Waals surface area contributed by atoms with Crippen LogP contribution in [0.2, 0.25) is 0 Å². The molecule has 1 aromatic carbocycles. The minimum absolute atomic E-state index is 0.0168. The summed E-state index contributed by atoms with van der Waals surface area (Å²) >= 11 is 0. The summed E-state index contributed by atoms with van der Waals surface area (Å²) in [5.74, 6) is -3.05. The summed E-state index contributed by atoms with van der Waals surface area (Å²) in [6.45, 7) is 2.15. The minimum Gasteiger partial charge on any atom is -0.477 e. The van der Waals surface area contributed by atoms with Crippen LogP contribution < -0.4 is 16.1 Å². The number of carboxylic acids is 1. The second-order valence-corrected chi connectivity index (χ2v) is 7.14. The van der Waals surface area contributed by atoms with Crippen LogP contribution in [0.15, 0.2) is 11.0 Å². The Bertz CT molecular complexity index is 998. The Morgan fingerprint density at radius 2 is 1.96 bits per heavy atom. The summed E-state index contributed by atoms with van der Waals surface area (Å²) in [7, 11) is 0. The van der Waals surface area contributed by atoms with E-state index in [1.807, 2.05) is 0 Å². The molecule has 0 amide bonds. The Morgan fingerprint density at radius 3 is 2.50 bits per heavy atom. The van der Waals surface area contributed by atoms with E-state index in [1.54, 1.807) is 4.90 Å². The summed E-state index contributed by atoms with van der Waals surface area (Å²) < 4.78 is 31.9. The molecule has 4 rings (SSSR count). The lowest BCUT2D eigenvalue weighted by atomic mass is 10.0. The smallest absolute Gasteiger partial charge is 0.341 e. The first-order valence-corrected chi connectivity index (χ1v) is 8.61. The zero-order chi connectivity index (χ0) is 18.7. The molecule has 1 aromatic heterocycles.